The van der Waals surface area contributed by atoms with E-state index >= 15 is 0 Å². The van der Waals surface area contributed by atoms with Crippen LogP contribution in [-0.4, -0.2) is 52.0 Å². The lowest BCUT2D eigenvalue weighted by molar-refractivity contribution is -0.0400. The molecule has 0 aliphatic heterocycles. The van der Waals surface area contributed by atoms with Crippen LogP contribution in [0, 0.1) is 5.92 Å². The molecule has 0 spiro atoms. The minimum Gasteiger partial charge on any atom is -0.453 e. The van der Waals surface area contributed by atoms with Gasteiger partial charge in [0.2, 0.25) is 0 Å². The Morgan fingerprint density at radius 2 is 2.26 bits per heavy atom. The number of aliphatic hydroxyl groups is 1. The van der Waals surface area contributed by atoms with Crippen LogP contribution in [0.3, 0.4) is 0 Å². The fourth-order valence-corrected chi connectivity index (χ4v) is 3.23. The molecule has 1 amide bonds. The van der Waals surface area contributed by atoms with Gasteiger partial charge in [-0.2, -0.15) is 0 Å². The minimum absolute atomic E-state index is 0.0111. The number of aromatic nitrogens is 2. The number of rotatable bonds is 9. The third kappa shape index (κ3) is 5.79. The first-order valence-corrected chi connectivity index (χ1v) is 9.66. The summed E-state index contributed by atoms with van der Waals surface area (Å²) in [5.74, 6) is 0.753. The number of aromatic amines is 1. The molecule has 148 valence electrons. The number of nitrogens with zero attached hydrogens (tertiary/aromatic N) is 2. The molecule has 8 heteroatoms. The van der Waals surface area contributed by atoms with E-state index in [0.29, 0.717) is 19.5 Å². The van der Waals surface area contributed by atoms with E-state index in [0.717, 1.165) is 21.3 Å². The molecule has 0 radical (unpaired) electrons. The van der Waals surface area contributed by atoms with Crippen LogP contribution < -0.4 is 5.32 Å². The van der Waals surface area contributed by atoms with Crippen LogP contribution in [0.1, 0.15) is 26.1 Å². The van der Waals surface area contributed by atoms with Gasteiger partial charge in [-0.25, -0.2) is 9.78 Å². The van der Waals surface area contributed by atoms with Gasteiger partial charge in [0.05, 0.1) is 30.7 Å². The Morgan fingerprint density at radius 3 is 2.89 bits per heavy atom. The first-order chi connectivity index (χ1) is 12.8. The number of amides is 1. The van der Waals surface area contributed by atoms with Crippen LogP contribution >= 0.6 is 15.9 Å². The molecule has 0 saturated carbocycles. The zero-order valence-corrected chi connectivity index (χ0v) is 17.5. The van der Waals surface area contributed by atoms with Crippen LogP contribution in [0.5, 0.6) is 0 Å². The molecule has 1 unspecified atom stereocenters. The summed E-state index contributed by atoms with van der Waals surface area (Å²) in [5.41, 5.74) is 1.78. The molecule has 1 heterocycles. The van der Waals surface area contributed by atoms with Gasteiger partial charge >= 0.3 is 6.09 Å². The minimum atomic E-state index is -0.899. The van der Waals surface area contributed by atoms with Crippen LogP contribution in [0.2, 0.25) is 0 Å². The largest absolute Gasteiger partial charge is 0.453 e. The smallest absolute Gasteiger partial charge is 0.407 e. The number of aliphatic hydroxyl groups excluding tert-OH is 1. The van der Waals surface area contributed by atoms with Gasteiger partial charge in [0, 0.05) is 11.0 Å². The molecule has 1 aromatic heterocycles. The zero-order valence-electron chi connectivity index (χ0n) is 15.9. The fraction of sp³-hybridized carbons (Fsp3) is 0.474. The van der Waals surface area contributed by atoms with Crippen molar-refractivity contribution in [3.05, 3.63) is 41.2 Å². The average molecular weight is 439 g/mol. The topological polar surface area (TPSA) is 90.5 Å². The summed E-state index contributed by atoms with van der Waals surface area (Å²) in [6.45, 7) is 8.63. The summed E-state index contributed by atoms with van der Waals surface area (Å²) in [7, 11) is 1.31. The van der Waals surface area contributed by atoms with Gasteiger partial charge in [-0.05, 0) is 30.5 Å². The number of halogens is 1. The SMILES string of the molecule is C=CCCN(Cc1nc2ccc(Br)cc2[nH]1)C(O)[C@@H](NC(=O)OC)C(C)C. The third-order valence-electron chi connectivity index (χ3n) is 4.35. The maximum absolute atomic E-state index is 11.7. The van der Waals surface area contributed by atoms with Gasteiger partial charge in [-0.3, -0.25) is 4.90 Å². The molecule has 27 heavy (non-hydrogen) atoms. The molecule has 2 aromatic rings. The molecule has 0 saturated heterocycles. The average Bonchev–Trinajstić information content (AvgIpc) is 3.03. The number of hydrogen-bond donors (Lipinski definition) is 3. The molecular weight excluding hydrogens is 412 g/mol. The predicted molar refractivity (Wildman–Crippen MR) is 109 cm³/mol. The summed E-state index contributed by atoms with van der Waals surface area (Å²) in [6.07, 6.45) is 1.04. The van der Waals surface area contributed by atoms with E-state index in [1.54, 1.807) is 6.08 Å². The highest BCUT2D eigenvalue weighted by Crippen LogP contribution is 2.20. The number of carbonyl (C=O) groups is 1. The van der Waals surface area contributed by atoms with Gasteiger partial charge in [0.15, 0.2) is 0 Å². The van der Waals surface area contributed by atoms with Crippen molar-refractivity contribution in [2.75, 3.05) is 13.7 Å². The summed E-state index contributed by atoms with van der Waals surface area (Å²) in [5, 5.41) is 13.7. The normalized spacial score (nSPS) is 13.7. The lowest BCUT2D eigenvalue weighted by Crippen LogP contribution is -2.54. The van der Waals surface area contributed by atoms with Crippen LogP contribution in [0.15, 0.2) is 35.3 Å². The van der Waals surface area contributed by atoms with E-state index in [1.807, 2.05) is 36.9 Å². The number of carbonyl (C=O) groups excluding carboxylic acids is 1. The van der Waals surface area contributed by atoms with Gasteiger partial charge in [0.25, 0.3) is 0 Å². The zero-order chi connectivity index (χ0) is 20.0. The van der Waals surface area contributed by atoms with E-state index in [2.05, 4.69) is 37.8 Å². The van der Waals surface area contributed by atoms with Crippen molar-refractivity contribution in [2.24, 2.45) is 5.92 Å². The maximum atomic E-state index is 11.7. The predicted octanol–water partition coefficient (Wildman–Crippen LogP) is 3.40. The second-order valence-corrected chi connectivity index (χ2v) is 7.63. The van der Waals surface area contributed by atoms with Crippen molar-refractivity contribution >= 4 is 33.1 Å². The molecule has 7 nitrogen and oxygen atoms in total. The second kappa shape index (κ2) is 9.87. The van der Waals surface area contributed by atoms with E-state index in [4.69, 9.17) is 4.74 Å². The monoisotopic (exact) mass is 438 g/mol. The number of alkyl carbamates (subject to hydrolysis) is 1. The molecule has 1 aromatic carbocycles. The van der Waals surface area contributed by atoms with Crippen molar-refractivity contribution in [3.63, 3.8) is 0 Å². The molecule has 0 aliphatic rings. The van der Waals surface area contributed by atoms with E-state index < -0.39 is 18.4 Å². The Hall–Kier alpha value is -1.90. The summed E-state index contributed by atoms with van der Waals surface area (Å²) in [6, 6.07) is 5.35. The van der Waals surface area contributed by atoms with Crippen molar-refractivity contribution < 1.29 is 14.6 Å². The van der Waals surface area contributed by atoms with Gasteiger partial charge in [-0.1, -0.05) is 35.9 Å². The number of H-pyrrole nitrogens is 1. The maximum Gasteiger partial charge on any atom is 0.407 e. The number of benzene rings is 1. The van der Waals surface area contributed by atoms with E-state index in [1.165, 1.54) is 7.11 Å². The Morgan fingerprint density at radius 1 is 1.52 bits per heavy atom. The Balaban J connectivity index is 2.22. The molecule has 3 N–H and O–H groups in total. The van der Waals surface area contributed by atoms with Gasteiger partial charge < -0.3 is 20.1 Å². The van der Waals surface area contributed by atoms with Crippen molar-refractivity contribution in [1.29, 1.82) is 0 Å². The third-order valence-corrected chi connectivity index (χ3v) is 4.84. The quantitative estimate of drug-likeness (QED) is 0.412. The molecule has 0 fully saturated rings. The molecule has 2 rings (SSSR count). The highest BCUT2D eigenvalue weighted by Gasteiger charge is 2.30. The van der Waals surface area contributed by atoms with Gasteiger partial charge in [-0.15, -0.1) is 6.58 Å². The number of imidazole rings is 1. The van der Waals surface area contributed by atoms with E-state index in [9.17, 15) is 9.90 Å². The highest BCUT2D eigenvalue weighted by atomic mass is 79.9. The molecule has 0 aliphatic carbocycles. The van der Waals surface area contributed by atoms with Crippen LogP contribution in [-0.2, 0) is 11.3 Å². The van der Waals surface area contributed by atoms with Gasteiger partial charge in [0.1, 0.15) is 12.1 Å². The number of hydrogen-bond acceptors (Lipinski definition) is 5. The lowest BCUT2D eigenvalue weighted by atomic mass is 10.0. The second-order valence-electron chi connectivity index (χ2n) is 6.71. The number of nitrogens with one attached hydrogen (secondary N) is 2. The summed E-state index contributed by atoms with van der Waals surface area (Å²) < 4.78 is 5.66. The van der Waals surface area contributed by atoms with Crippen LogP contribution in [0.4, 0.5) is 4.79 Å². The lowest BCUT2D eigenvalue weighted by Gasteiger charge is -2.35. The number of ether oxygens (including phenoxy) is 1. The fourth-order valence-electron chi connectivity index (χ4n) is 2.87. The Bertz CT molecular complexity index is 777. The van der Waals surface area contributed by atoms with Crippen molar-refractivity contribution in [2.45, 2.75) is 39.1 Å². The first-order valence-electron chi connectivity index (χ1n) is 8.87. The number of fused-ring (bicyclic) bond motifs is 1. The highest BCUT2D eigenvalue weighted by molar-refractivity contribution is 9.10. The summed E-state index contributed by atoms with van der Waals surface area (Å²) in [4.78, 5) is 21.4. The standard InChI is InChI=1S/C19H27BrN4O3/c1-5-6-9-24(18(25)17(12(2)3)23-19(26)27-4)11-16-21-14-8-7-13(20)10-15(14)22-16/h5,7-8,10,12,17-18,25H,1,6,9,11H2,2-4H3,(H,21,22)(H,23,26)/t17-,18?/m0/s1. The molecule has 2 atom stereocenters. The summed E-state index contributed by atoms with van der Waals surface area (Å²) >= 11 is 3.45. The van der Waals surface area contributed by atoms with Crippen molar-refractivity contribution in [1.82, 2.24) is 20.2 Å². The first kappa shape index (κ1) is 21.4. The van der Waals surface area contributed by atoms with E-state index in [-0.39, 0.29) is 5.92 Å². The Kier molecular flexibility index (Phi) is 7.82. The molecular formula is C19H27BrN4O3. The number of methoxy groups -OCH3 is 1. The van der Waals surface area contributed by atoms with Crippen LogP contribution in [0.25, 0.3) is 11.0 Å². The molecule has 0 bridgehead atoms. The Labute approximate surface area is 167 Å². The van der Waals surface area contributed by atoms with Crippen molar-refractivity contribution in [3.8, 4) is 0 Å².